The van der Waals surface area contributed by atoms with Gasteiger partial charge in [0.25, 0.3) is 5.91 Å². The number of amides is 1. The molecule has 0 radical (unpaired) electrons. The molecule has 0 spiro atoms. The summed E-state index contributed by atoms with van der Waals surface area (Å²) in [5, 5.41) is 14.7. The molecule has 22 heavy (non-hydrogen) atoms. The predicted molar refractivity (Wildman–Crippen MR) is 90.3 cm³/mol. The Morgan fingerprint density at radius 3 is 2.91 bits per heavy atom. The van der Waals surface area contributed by atoms with Crippen molar-refractivity contribution in [2.24, 2.45) is 0 Å². The van der Waals surface area contributed by atoms with Gasteiger partial charge in [0.15, 0.2) is 0 Å². The molecule has 118 valence electrons. The maximum absolute atomic E-state index is 11.9. The third-order valence-electron chi connectivity index (χ3n) is 2.82. The molecule has 0 aliphatic carbocycles. The molecule has 0 heterocycles. The van der Waals surface area contributed by atoms with E-state index in [1.807, 2.05) is 38.1 Å². The smallest absolute Gasteiger partial charge is 0.263 e. The van der Waals surface area contributed by atoms with E-state index in [9.17, 15) is 4.79 Å². The van der Waals surface area contributed by atoms with Crippen molar-refractivity contribution in [2.75, 3.05) is 25.1 Å². The van der Waals surface area contributed by atoms with E-state index < -0.39 is 5.91 Å². The number of nitrogens with one attached hydrogen (secondary N) is 2. The molecule has 0 aliphatic rings. The molecule has 2 N–H and O–H groups in total. The van der Waals surface area contributed by atoms with E-state index in [1.54, 1.807) is 0 Å². The monoisotopic (exact) mass is 365 g/mol. The molecule has 5 nitrogen and oxygen atoms in total. The lowest BCUT2D eigenvalue weighted by atomic mass is 10.2. The summed E-state index contributed by atoms with van der Waals surface area (Å²) in [6, 6.07) is 7.67. The van der Waals surface area contributed by atoms with Crippen molar-refractivity contribution in [2.45, 2.75) is 20.3 Å². The van der Waals surface area contributed by atoms with Crippen LogP contribution in [0.5, 0.6) is 0 Å². The minimum absolute atomic E-state index is 0.0314. The van der Waals surface area contributed by atoms with Gasteiger partial charge in [0.05, 0.1) is 5.69 Å². The van der Waals surface area contributed by atoms with Gasteiger partial charge in [0.1, 0.15) is 11.6 Å². The van der Waals surface area contributed by atoms with Crippen LogP contribution < -0.4 is 10.6 Å². The van der Waals surface area contributed by atoms with Gasteiger partial charge in [-0.15, -0.1) is 0 Å². The molecule has 0 bridgehead atoms. The molecule has 6 heteroatoms. The average molecular weight is 366 g/mol. The predicted octanol–water partition coefficient (Wildman–Crippen LogP) is 3.12. The minimum Gasteiger partial charge on any atom is -0.382 e. The molecule has 0 unspecified atom stereocenters. The minimum atomic E-state index is -0.394. The highest BCUT2D eigenvalue weighted by Crippen LogP contribution is 2.23. The number of carbonyl (C=O) groups is 1. The first-order valence-corrected chi connectivity index (χ1v) is 7.86. The Balaban J connectivity index is 2.55. The Hall–Kier alpha value is -1.84. The molecule has 0 aliphatic heterocycles. The highest BCUT2D eigenvalue weighted by molar-refractivity contribution is 9.10. The van der Waals surface area contributed by atoms with Gasteiger partial charge in [-0.1, -0.05) is 6.07 Å². The van der Waals surface area contributed by atoms with E-state index in [0.29, 0.717) is 19.8 Å². The van der Waals surface area contributed by atoms with Crippen LogP contribution in [0.1, 0.15) is 18.9 Å². The Kier molecular flexibility index (Phi) is 8.26. The summed E-state index contributed by atoms with van der Waals surface area (Å²) in [6.07, 6.45) is 2.13. The van der Waals surface area contributed by atoms with Crippen LogP contribution in [0.2, 0.25) is 0 Å². The van der Waals surface area contributed by atoms with Crippen LogP contribution in [0.4, 0.5) is 5.69 Å². The number of nitriles is 1. The fourth-order valence-electron chi connectivity index (χ4n) is 1.65. The Morgan fingerprint density at radius 1 is 1.50 bits per heavy atom. The lowest BCUT2D eigenvalue weighted by Gasteiger charge is -2.07. The highest BCUT2D eigenvalue weighted by Gasteiger charge is 2.08. The van der Waals surface area contributed by atoms with Gasteiger partial charge in [-0.2, -0.15) is 5.26 Å². The van der Waals surface area contributed by atoms with Crippen LogP contribution in [0.3, 0.4) is 0 Å². The van der Waals surface area contributed by atoms with Gasteiger partial charge < -0.3 is 15.4 Å². The number of carbonyl (C=O) groups excluding carboxylic acids is 1. The van der Waals surface area contributed by atoms with Crippen LogP contribution in [0.15, 0.2) is 34.4 Å². The molecule has 1 amide bonds. The quantitative estimate of drug-likeness (QED) is 0.421. The summed E-state index contributed by atoms with van der Waals surface area (Å²) in [6.45, 7) is 5.64. The van der Waals surface area contributed by atoms with Gasteiger partial charge >= 0.3 is 0 Å². The first-order valence-electron chi connectivity index (χ1n) is 7.07. The topological polar surface area (TPSA) is 74.1 Å². The number of ether oxygens (including phenoxy) is 1. The maximum Gasteiger partial charge on any atom is 0.263 e. The molecule has 1 aromatic carbocycles. The Labute approximate surface area is 139 Å². The largest absolute Gasteiger partial charge is 0.382 e. The number of hydrogen-bond acceptors (Lipinski definition) is 4. The Morgan fingerprint density at radius 2 is 2.27 bits per heavy atom. The van der Waals surface area contributed by atoms with Crippen LogP contribution in [0, 0.1) is 18.3 Å². The molecule has 0 saturated heterocycles. The number of benzene rings is 1. The van der Waals surface area contributed by atoms with E-state index >= 15 is 0 Å². The van der Waals surface area contributed by atoms with Crippen molar-refractivity contribution in [1.82, 2.24) is 5.32 Å². The summed E-state index contributed by atoms with van der Waals surface area (Å²) in [4.78, 5) is 11.9. The number of anilines is 1. The second-order valence-electron chi connectivity index (χ2n) is 4.60. The van der Waals surface area contributed by atoms with Crippen molar-refractivity contribution in [3.8, 4) is 6.07 Å². The highest BCUT2D eigenvalue weighted by atomic mass is 79.9. The van der Waals surface area contributed by atoms with Crippen molar-refractivity contribution < 1.29 is 9.53 Å². The summed E-state index contributed by atoms with van der Waals surface area (Å²) in [7, 11) is 0. The van der Waals surface area contributed by atoms with E-state index in [1.165, 1.54) is 6.20 Å². The molecule has 0 aromatic heterocycles. The summed E-state index contributed by atoms with van der Waals surface area (Å²) < 4.78 is 6.06. The molecule has 0 fully saturated rings. The second-order valence-corrected chi connectivity index (χ2v) is 5.46. The molecular formula is C16H20BrN3O2. The number of halogens is 1. The molecule has 0 atom stereocenters. The van der Waals surface area contributed by atoms with Gasteiger partial charge in [0.2, 0.25) is 0 Å². The average Bonchev–Trinajstić information content (AvgIpc) is 2.49. The van der Waals surface area contributed by atoms with Crippen molar-refractivity contribution in [3.05, 3.63) is 40.0 Å². The van der Waals surface area contributed by atoms with E-state index in [2.05, 4.69) is 26.6 Å². The SMILES string of the molecule is CCOCCCNC(=O)/C(C#N)=C\Nc1ccc(C)cc1Br. The van der Waals surface area contributed by atoms with Gasteiger partial charge in [-0.3, -0.25) is 4.79 Å². The molecular weight excluding hydrogens is 346 g/mol. The first-order chi connectivity index (χ1) is 10.6. The number of aryl methyl sites for hydroxylation is 1. The number of nitrogens with zero attached hydrogens (tertiary/aromatic N) is 1. The van der Waals surface area contributed by atoms with Crippen LogP contribution in [-0.4, -0.2) is 25.7 Å². The summed E-state index contributed by atoms with van der Waals surface area (Å²) in [5.74, 6) is -0.394. The van der Waals surface area contributed by atoms with Crippen LogP contribution in [0.25, 0.3) is 0 Å². The van der Waals surface area contributed by atoms with E-state index in [4.69, 9.17) is 10.00 Å². The third-order valence-corrected chi connectivity index (χ3v) is 3.47. The summed E-state index contributed by atoms with van der Waals surface area (Å²) in [5.41, 5.74) is 1.94. The molecule has 1 aromatic rings. The van der Waals surface area contributed by atoms with Gasteiger partial charge in [-0.05, 0) is 53.9 Å². The van der Waals surface area contributed by atoms with Crippen molar-refractivity contribution >= 4 is 27.5 Å². The fourth-order valence-corrected chi connectivity index (χ4v) is 2.26. The van der Waals surface area contributed by atoms with Crippen molar-refractivity contribution in [1.29, 1.82) is 5.26 Å². The fraction of sp³-hybridized carbons (Fsp3) is 0.375. The molecule has 1 rings (SSSR count). The first kappa shape index (κ1) is 18.2. The van der Waals surface area contributed by atoms with E-state index in [0.717, 1.165) is 22.1 Å². The van der Waals surface area contributed by atoms with Crippen LogP contribution in [-0.2, 0) is 9.53 Å². The normalized spacial score (nSPS) is 10.9. The zero-order valence-corrected chi connectivity index (χ0v) is 14.4. The summed E-state index contributed by atoms with van der Waals surface area (Å²) >= 11 is 3.43. The second kappa shape index (κ2) is 9.98. The zero-order chi connectivity index (χ0) is 16.4. The molecule has 0 saturated carbocycles. The lowest BCUT2D eigenvalue weighted by Crippen LogP contribution is -2.26. The number of hydrogen-bond donors (Lipinski definition) is 2. The maximum atomic E-state index is 11.9. The lowest BCUT2D eigenvalue weighted by molar-refractivity contribution is -0.117. The number of rotatable bonds is 8. The van der Waals surface area contributed by atoms with Gasteiger partial charge in [0, 0.05) is 30.4 Å². The Bertz CT molecular complexity index is 579. The van der Waals surface area contributed by atoms with Gasteiger partial charge in [-0.25, -0.2) is 0 Å². The van der Waals surface area contributed by atoms with E-state index in [-0.39, 0.29) is 5.57 Å². The standard InChI is InChI=1S/C16H20BrN3O2/c1-3-22-8-4-7-19-16(21)13(10-18)11-20-15-6-5-12(2)9-14(15)17/h5-6,9,11,20H,3-4,7-8H2,1-2H3,(H,19,21)/b13-11-. The third kappa shape index (κ3) is 6.29. The van der Waals surface area contributed by atoms with Crippen LogP contribution >= 0.6 is 15.9 Å². The van der Waals surface area contributed by atoms with Crippen molar-refractivity contribution in [3.63, 3.8) is 0 Å². The zero-order valence-electron chi connectivity index (χ0n) is 12.8.